The highest BCUT2D eigenvalue weighted by atomic mass is 16.5. The lowest BCUT2D eigenvalue weighted by atomic mass is 10.0. The van der Waals surface area contributed by atoms with Gasteiger partial charge in [0.2, 0.25) is 5.91 Å². The number of amides is 1. The van der Waals surface area contributed by atoms with Crippen LogP contribution in [0.2, 0.25) is 0 Å². The van der Waals surface area contributed by atoms with Gasteiger partial charge >= 0.3 is 5.97 Å². The van der Waals surface area contributed by atoms with Crippen molar-refractivity contribution in [1.82, 2.24) is 5.32 Å². The highest BCUT2D eigenvalue weighted by Gasteiger charge is 2.20. The molecule has 0 aromatic rings. The van der Waals surface area contributed by atoms with E-state index in [9.17, 15) is 19.8 Å². The Morgan fingerprint density at radius 3 is 1.04 bits per heavy atom. The fraction of sp³-hybridized carbons (Fsp3) is 0.906. The summed E-state index contributed by atoms with van der Waals surface area (Å²) in [5, 5.41) is 23.4. The van der Waals surface area contributed by atoms with Crippen LogP contribution in [-0.2, 0) is 14.3 Å². The fourth-order valence-electron chi connectivity index (χ4n) is 9.87. The molecule has 6 nitrogen and oxygen atoms in total. The molecular weight excluding hydrogens is 863 g/mol. The molecule has 0 fully saturated rings. The molecule has 0 aromatic carbocycles. The van der Waals surface area contributed by atoms with Crippen LogP contribution in [0.25, 0.3) is 0 Å². The minimum Gasteiger partial charge on any atom is -0.466 e. The molecule has 0 saturated carbocycles. The molecule has 0 heterocycles. The molecule has 0 aliphatic rings. The smallest absolute Gasteiger partial charge is 0.305 e. The van der Waals surface area contributed by atoms with Gasteiger partial charge in [-0.25, -0.2) is 0 Å². The first-order valence-corrected chi connectivity index (χ1v) is 31.6. The Kier molecular flexibility index (Phi) is 58.5. The quantitative estimate of drug-likeness (QED) is 0.0321. The molecule has 0 rings (SSSR count). The van der Waals surface area contributed by atoms with E-state index < -0.39 is 12.1 Å². The predicted octanol–water partition coefficient (Wildman–Crippen LogP) is 19.8. The molecule has 0 saturated heterocycles. The largest absolute Gasteiger partial charge is 0.466 e. The summed E-state index contributed by atoms with van der Waals surface area (Å²) in [4.78, 5) is 24.5. The third-order valence-corrected chi connectivity index (χ3v) is 14.7. The van der Waals surface area contributed by atoms with Gasteiger partial charge in [0.1, 0.15) is 0 Å². The number of rotatable bonds is 59. The molecule has 2 unspecified atom stereocenters. The van der Waals surface area contributed by atoms with Crippen molar-refractivity contribution >= 4 is 11.9 Å². The lowest BCUT2D eigenvalue weighted by molar-refractivity contribution is -0.143. The molecule has 0 aliphatic carbocycles. The maximum Gasteiger partial charge on any atom is 0.305 e. The van der Waals surface area contributed by atoms with Crippen LogP contribution in [0.15, 0.2) is 24.3 Å². The summed E-state index contributed by atoms with van der Waals surface area (Å²) in [5.74, 6) is -0.0437. The van der Waals surface area contributed by atoms with Gasteiger partial charge in [0.15, 0.2) is 0 Å². The third-order valence-electron chi connectivity index (χ3n) is 14.7. The SMILES string of the molecule is CCCCC/C=C\CCCCCCCC(=O)OCCCCCCCCCCC/C=C\CCCCCCCCCC(=O)NC(CO)C(O)CCCCCCCCCCCCCCCCCCCCCCC. The zero-order valence-electron chi connectivity index (χ0n) is 47.3. The Balaban J connectivity index is 3.44. The summed E-state index contributed by atoms with van der Waals surface area (Å²) in [6.07, 6.45) is 73.3. The Hall–Kier alpha value is -1.66. The van der Waals surface area contributed by atoms with Crippen LogP contribution in [0.1, 0.15) is 348 Å². The number of carbonyl (C=O) groups is 2. The van der Waals surface area contributed by atoms with E-state index in [-0.39, 0.29) is 18.5 Å². The van der Waals surface area contributed by atoms with E-state index in [1.807, 2.05) is 0 Å². The lowest BCUT2D eigenvalue weighted by Crippen LogP contribution is -2.45. The molecule has 2 atom stereocenters. The lowest BCUT2D eigenvalue weighted by Gasteiger charge is -2.22. The van der Waals surface area contributed by atoms with Crippen LogP contribution in [0.4, 0.5) is 0 Å². The van der Waals surface area contributed by atoms with Gasteiger partial charge in [0, 0.05) is 12.8 Å². The normalized spacial score (nSPS) is 12.7. The number of aliphatic hydroxyl groups excluding tert-OH is 2. The van der Waals surface area contributed by atoms with Gasteiger partial charge in [0.25, 0.3) is 0 Å². The topological polar surface area (TPSA) is 95.9 Å². The molecular formula is C64H123NO5. The Morgan fingerprint density at radius 1 is 0.386 bits per heavy atom. The molecule has 414 valence electrons. The van der Waals surface area contributed by atoms with Gasteiger partial charge in [-0.2, -0.15) is 0 Å². The molecule has 0 aromatic heterocycles. The van der Waals surface area contributed by atoms with Crippen molar-refractivity contribution in [3.63, 3.8) is 0 Å². The Morgan fingerprint density at radius 2 is 0.671 bits per heavy atom. The second-order valence-electron chi connectivity index (χ2n) is 21.7. The second kappa shape index (κ2) is 59.9. The van der Waals surface area contributed by atoms with E-state index in [0.717, 1.165) is 44.9 Å². The van der Waals surface area contributed by atoms with Gasteiger partial charge in [-0.15, -0.1) is 0 Å². The van der Waals surface area contributed by atoms with Crippen LogP contribution < -0.4 is 5.32 Å². The van der Waals surface area contributed by atoms with Crippen LogP contribution in [0.3, 0.4) is 0 Å². The molecule has 0 aliphatic heterocycles. The van der Waals surface area contributed by atoms with Crippen molar-refractivity contribution in [1.29, 1.82) is 0 Å². The van der Waals surface area contributed by atoms with Gasteiger partial charge in [-0.1, -0.05) is 282 Å². The molecule has 6 heteroatoms. The third kappa shape index (κ3) is 55.7. The molecule has 0 radical (unpaired) electrons. The number of hydrogen-bond acceptors (Lipinski definition) is 5. The van der Waals surface area contributed by atoms with Gasteiger partial charge in [-0.3, -0.25) is 9.59 Å². The Bertz CT molecular complexity index is 1090. The van der Waals surface area contributed by atoms with E-state index in [0.29, 0.717) is 25.9 Å². The van der Waals surface area contributed by atoms with Crippen molar-refractivity contribution in [2.75, 3.05) is 13.2 Å². The summed E-state index contributed by atoms with van der Waals surface area (Å²) < 4.78 is 5.46. The number of unbranched alkanes of at least 4 members (excludes halogenated alkanes) is 44. The summed E-state index contributed by atoms with van der Waals surface area (Å²) in [5.41, 5.74) is 0. The fourth-order valence-corrected chi connectivity index (χ4v) is 9.87. The number of nitrogens with one attached hydrogen (secondary N) is 1. The van der Waals surface area contributed by atoms with Crippen LogP contribution in [-0.4, -0.2) is 47.4 Å². The van der Waals surface area contributed by atoms with Crippen molar-refractivity contribution < 1.29 is 24.5 Å². The molecule has 0 bridgehead atoms. The highest BCUT2D eigenvalue weighted by Crippen LogP contribution is 2.18. The van der Waals surface area contributed by atoms with E-state index >= 15 is 0 Å². The summed E-state index contributed by atoms with van der Waals surface area (Å²) >= 11 is 0. The average molecular weight is 987 g/mol. The van der Waals surface area contributed by atoms with Crippen molar-refractivity contribution in [3.05, 3.63) is 24.3 Å². The molecule has 3 N–H and O–H groups in total. The number of aliphatic hydroxyl groups is 2. The van der Waals surface area contributed by atoms with Gasteiger partial charge < -0.3 is 20.3 Å². The molecule has 0 spiro atoms. The number of ether oxygens (including phenoxy) is 1. The van der Waals surface area contributed by atoms with E-state index in [1.165, 1.54) is 270 Å². The summed E-state index contributed by atoms with van der Waals surface area (Å²) in [6.45, 7) is 4.94. The van der Waals surface area contributed by atoms with Crippen LogP contribution >= 0.6 is 0 Å². The zero-order chi connectivity index (χ0) is 50.7. The van der Waals surface area contributed by atoms with Crippen molar-refractivity contribution in [2.45, 2.75) is 360 Å². The Labute approximate surface area is 437 Å². The van der Waals surface area contributed by atoms with Gasteiger partial charge in [-0.05, 0) is 77.0 Å². The summed E-state index contributed by atoms with van der Waals surface area (Å²) in [6, 6.07) is -0.549. The van der Waals surface area contributed by atoms with Crippen molar-refractivity contribution in [2.24, 2.45) is 0 Å². The summed E-state index contributed by atoms with van der Waals surface area (Å²) in [7, 11) is 0. The first-order chi connectivity index (χ1) is 34.5. The number of allylic oxidation sites excluding steroid dienone is 4. The van der Waals surface area contributed by atoms with Crippen LogP contribution in [0, 0.1) is 0 Å². The average Bonchev–Trinajstić information content (AvgIpc) is 3.36. The molecule has 1 amide bonds. The first-order valence-electron chi connectivity index (χ1n) is 31.6. The maximum absolute atomic E-state index is 12.5. The number of esters is 1. The number of carbonyl (C=O) groups excluding carboxylic acids is 2. The van der Waals surface area contributed by atoms with E-state index in [2.05, 4.69) is 43.5 Å². The van der Waals surface area contributed by atoms with Crippen LogP contribution in [0.5, 0.6) is 0 Å². The first kappa shape index (κ1) is 68.3. The minimum atomic E-state index is -0.671. The van der Waals surface area contributed by atoms with E-state index in [1.54, 1.807) is 0 Å². The standard InChI is InChI=1S/C64H123NO5/c1-3-5-7-9-11-13-15-17-18-19-20-21-24-27-30-33-36-40-44-48-52-56-62(67)61(60-66)65-63(68)57-53-49-45-41-37-34-31-28-25-22-23-26-29-32-35-39-43-47-51-55-59-70-64(69)58-54-50-46-42-38-16-14-12-10-8-6-4-2/h12,14,22,25,61-62,66-67H,3-11,13,15-21,23-24,26-60H2,1-2H3,(H,65,68)/b14-12-,25-22-. The monoisotopic (exact) mass is 986 g/mol. The maximum atomic E-state index is 12.5. The second-order valence-corrected chi connectivity index (χ2v) is 21.7. The minimum absolute atomic E-state index is 0.00332. The van der Waals surface area contributed by atoms with E-state index in [4.69, 9.17) is 4.74 Å². The van der Waals surface area contributed by atoms with Gasteiger partial charge in [0.05, 0.1) is 25.4 Å². The number of hydrogen-bond donors (Lipinski definition) is 3. The molecule has 70 heavy (non-hydrogen) atoms. The predicted molar refractivity (Wildman–Crippen MR) is 306 cm³/mol. The zero-order valence-corrected chi connectivity index (χ0v) is 47.3. The van der Waals surface area contributed by atoms with Crippen molar-refractivity contribution in [3.8, 4) is 0 Å². The highest BCUT2D eigenvalue weighted by molar-refractivity contribution is 5.76.